The number of hydrogen-bond acceptors (Lipinski definition) is 9. The molecule has 0 saturated carbocycles. The fraction of sp³-hybridized carbons (Fsp3) is 0.367. The molecule has 0 amide bonds. The van der Waals surface area contributed by atoms with Crippen molar-refractivity contribution in [3.63, 3.8) is 0 Å². The second-order valence-corrected chi connectivity index (χ2v) is 10.5. The Labute approximate surface area is 247 Å². The number of carbonyl (C=O) groups is 1. The molecule has 0 aliphatic carbocycles. The van der Waals surface area contributed by atoms with Crippen LogP contribution in [0.25, 0.3) is 6.08 Å². The minimum atomic E-state index is -0.879. The van der Waals surface area contributed by atoms with Crippen molar-refractivity contribution in [2.75, 3.05) is 40.6 Å². The summed E-state index contributed by atoms with van der Waals surface area (Å²) in [5.41, 5.74) is 1.56. The molecule has 3 aromatic rings. The minimum absolute atomic E-state index is 0.0506. The number of halogens is 1. The van der Waals surface area contributed by atoms with E-state index in [4.69, 9.17) is 35.3 Å². The first-order valence-corrected chi connectivity index (χ1v) is 14.4. The predicted molar refractivity (Wildman–Crippen MR) is 158 cm³/mol. The van der Waals surface area contributed by atoms with Gasteiger partial charge in [0.25, 0.3) is 5.56 Å². The summed E-state index contributed by atoms with van der Waals surface area (Å²) in [6.07, 6.45) is 2.57. The number of nitrogens with zero attached hydrogens (tertiary/aromatic N) is 2. The number of para-hydroxylation sites is 1. The van der Waals surface area contributed by atoms with Gasteiger partial charge in [0.2, 0.25) is 0 Å². The van der Waals surface area contributed by atoms with Gasteiger partial charge >= 0.3 is 5.97 Å². The van der Waals surface area contributed by atoms with Crippen molar-refractivity contribution in [2.45, 2.75) is 33.2 Å². The van der Waals surface area contributed by atoms with Crippen molar-refractivity contribution in [1.29, 1.82) is 0 Å². The average Bonchev–Trinajstić information content (AvgIpc) is 3.26. The van der Waals surface area contributed by atoms with Crippen LogP contribution in [-0.4, -0.2) is 51.2 Å². The molecule has 11 heteroatoms. The van der Waals surface area contributed by atoms with Crippen LogP contribution >= 0.6 is 22.9 Å². The van der Waals surface area contributed by atoms with Gasteiger partial charge in [-0.15, -0.1) is 0 Å². The summed E-state index contributed by atoms with van der Waals surface area (Å²) in [5.74, 6) is 0.922. The molecule has 2 aromatic carbocycles. The summed E-state index contributed by atoms with van der Waals surface area (Å²) in [6, 6.07) is 9.77. The molecule has 0 fully saturated rings. The molecule has 2 heterocycles. The molecule has 0 N–H and O–H groups in total. The highest BCUT2D eigenvalue weighted by Crippen LogP contribution is 2.40. The highest BCUT2D eigenvalue weighted by atomic mass is 35.5. The Morgan fingerprint density at radius 3 is 2.61 bits per heavy atom. The number of hydrogen-bond donors (Lipinski definition) is 0. The Hall–Kier alpha value is -3.60. The zero-order valence-electron chi connectivity index (χ0n) is 23.7. The second-order valence-electron chi connectivity index (χ2n) is 9.05. The van der Waals surface area contributed by atoms with E-state index in [2.05, 4.69) is 4.99 Å². The third-order valence-electron chi connectivity index (χ3n) is 6.29. The van der Waals surface area contributed by atoms with Crippen molar-refractivity contribution in [2.24, 2.45) is 4.99 Å². The molecule has 0 radical (unpaired) electrons. The van der Waals surface area contributed by atoms with Crippen molar-refractivity contribution < 1.29 is 28.5 Å². The number of benzene rings is 2. The van der Waals surface area contributed by atoms with E-state index in [9.17, 15) is 9.59 Å². The van der Waals surface area contributed by atoms with Gasteiger partial charge in [0.05, 0.1) is 42.7 Å². The van der Waals surface area contributed by atoms with Crippen LogP contribution in [0.1, 0.15) is 44.4 Å². The largest absolute Gasteiger partial charge is 0.493 e. The molecular weight excluding hydrogens is 568 g/mol. The summed E-state index contributed by atoms with van der Waals surface area (Å²) < 4.78 is 29.9. The Morgan fingerprint density at radius 1 is 1.10 bits per heavy atom. The van der Waals surface area contributed by atoms with Crippen LogP contribution in [0, 0.1) is 0 Å². The van der Waals surface area contributed by atoms with Gasteiger partial charge in [-0.2, -0.15) is 0 Å². The fourth-order valence-corrected chi connectivity index (χ4v) is 5.71. The number of aromatic nitrogens is 1. The first-order valence-electron chi connectivity index (χ1n) is 13.2. The van der Waals surface area contributed by atoms with E-state index in [0.29, 0.717) is 61.6 Å². The number of allylic oxidation sites excluding steroid dienone is 1. The van der Waals surface area contributed by atoms with Crippen LogP contribution in [0.3, 0.4) is 0 Å². The zero-order chi connectivity index (χ0) is 29.5. The molecule has 1 aliphatic heterocycles. The number of methoxy groups -OCH3 is 2. The smallest absolute Gasteiger partial charge is 0.338 e. The maximum atomic E-state index is 14.1. The van der Waals surface area contributed by atoms with Gasteiger partial charge in [-0.05, 0) is 50.6 Å². The summed E-state index contributed by atoms with van der Waals surface area (Å²) in [5, 5.41) is 0.514. The number of carbonyl (C=O) groups excluding carboxylic acids is 1. The van der Waals surface area contributed by atoms with Crippen LogP contribution in [0.15, 0.2) is 57.5 Å². The number of ether oxygens (including phenoxy) is 5. The first kappa shape index (κ1) is 30.4. The standard InChI is InChI=1S/C30H33ClN2O7S/c1-6-13-39-22-12-11-20(31)16-19(22)17-24-28(34)33-26(21-9-8-10-23(37-5)27(21)38-7-2)25(18(3)32-30(33)41-24)29(35)40-15-14-36-4/h8-12,16-17,26H,6-7,13-15H2,1-5H3/b24-17+/t26-/m0/s1. The number of fused-ring (bicyclic) bond motifs is 1. The molecule has 0 unspecified atom stereocenters. The van der Waals surface area contributed by atoms with Crippen molar-refractivity contribution in [3.8, 4) is 17.2 Å². The number of esters is 1. The van der Waals surface area contributed by atoms with Gasteiger partial charge in [0.15, 0.2) is 16.3 Å². The molecule has 1 aromatic heterocycles. The average molecular weight is 601 g/mol. The molecule has 0 bridgehead atoms. The lowest BCUT2D eigenvalue weighted by atomic mass is 9.94. The lowest BCUT2D eigenvalue weighted by molar-refractivity contribution is -0.140. The molecule has 0 saturated heterocycles. The van der Waals surface area contributed by atoms with Crippen molar-refractivity contribution in [1.82, 2.24) is 4.57 Å². The monoisotopic (exact) mass is 600 g/mol. The number of rotatable bonds is 12. The van der Waals surface area contributed by atoms with Crippen LogP contribution in [-0.2, 0) is 14.3 Å². The van der Waals surface area contributed by atoms with Gasteiger partial charge in [0.1, 0.15) is 18.4 Å². The maximum absolute atomic E-state index is 14.1. The van der Waals surface area contributed by atoms with E-state index in [0.717, 1.165) is 6.42 Å². The third-order valence-corrected chi connectivity index (χ3v) is 7.51. The summed E-state index contributed by atoms with van der Waals surface area (Å²) in [6.45, 7) is 6.75. The topological polar surface area (TPSA) is 97.6 Å². The van der Waals surface area contributed by atoms with Crippen molar-refractivity contribution in [3.05, 3.63) is 83.5 Å². The Morgan fingerprint density at radius 2 is 1.90 bits per heavy atom. The van der Waals surface area contributed by atoms with E-state index in [1.807, 2.05) is 19.9 Å². The molecule has 41 heavy (non-hydrogen) atoms. The van der Waals surface area contributed by atoms with Gasteiger partial charge in [0, 0.05) is 23.3 Å². The molecular formula is C30H33ClN2O7S. The van der Waals surface area contributed by atoms with Crippen LogP contribution in [0.2, 0.25) is 5.02 Å². The summed E-state index contributed by atoms with van der Waals surface area (Å²) in [7, 11) is 3.06. The Bertz CT molecular complexity index is 1630. The highest BCUT2D eigenvalue weighted by Gasteiger charge is 2.36. The van der Waals surface area contributed by atoms with Gasteiger partial charge < -0.3 is 23.7 Å². The SMILES string of the molecule is CCCOc1ccc(Cl)cc1/C=c1/sc2n(c1=O)[C@@H](c1cccc(OC)c1OCC)C(C(=O)OCCOC)=C(C)N=2. The molecule has 9 nitrogen and oxygen atoms in total. The first-order chi connectivity index (χ1) is 19.8. The van der Waals surface area contributed by atoms with Crippen LogP contribution in [0.4, 0.5) is 0 Å². The van der Waals surface area contributed by atoms with E-state index in [1.165, 1.54) is 30.1 Å². The van der Waals surface area contributed by atoms with Gasteiger partial charge in [-0.3, -0.25) is 9.36 Å². The summed E-state index contributed by atoms with van der Waals surface area (Å²) in [4.78, 5) is 32.7. The lowest BCUT2D eigenvalue weighted by Gasteiger charge is -2.27. The molecule has 0 spiro atoms. The van der Waals surface area contributed by atoms with Crippen LogP contribution < -0.4 is 29.1 Å². The summed E-state index contributed by atoms with van der Waals surface area (Å²) >= 11 is 7.51. The van der Waals surface area contributed by atoms with Crippen LogP contribution in [0.5, 0.6) is 17.2 Å². The molecule has 4 rings (SSSR count). The molecule has 218 valence electrons. The minimum Gasteiger partial charge on any atom is -0.493 e. The molecule has 1 aliphatic rings. The predicted octanol–water partition coefficient (Wildman–Crippen LogP) is 4.27. The highest BCUT2D eigenvalue weighted by molar-refractivity contribution is 7.07. The zero-order valence-corrected chi connectivity index (χ0v) is 25.3. The van der Waals surface area contributed by atoms with E-state index >= 15 is 0 Å². The van der Waals surface area contributed by atoms with Gasteiger partial charge in [-0.1, -0.05) is 42.0 Å². The number of thiazole rings is 1. The van der Waals surface area contributed by atoms with Gasteiger partial charge in [-0.25, -0.2) is 9.79 Å². The quantitative estimate of drug-likeness (QED) is 0.226. The lowest BCUT2D eigenvalue weighted by Crippen LogP contribution is -2.40. The normalized spacial score (nSPS) is 14.9. The van der Waals surface area contributed by atoms with E-state index < -0.39 is 12.0 Å². The van der Waals surface area contributed by atoms with E-state index in [-0.39, 0.29) is 24.3 Å². The maximum Gasteiger partial charge on any atom is 0.338 e. The third kappa shape index (κ3) is 6.50. The molecule has 1 atom stereocenters. The fourth-order valence-electron chi connectivity index (χ4n) is 4.50. The Balaban J connectivity index is 1.96. The Kier molecular flexibility index (Phi) is 10.3. The van der Waals surface area contributed by atoms with E-state index in [1.54, 1.807) is 43.3 Å². The van der Waals surface area contributed by atoms with Crippen molar-refractivity contribution >= 4 is 35.0 Å². The second kappa shape index (κ2) is 13.8.